The van der Waals surface area contributed by atoms with Crippen LogP contribution in [0.2, 0.25) is 0 Å². The average Bonchev–Trinajstić information content (AvgIpc) is 2.30. The summed E-state index contributed by atoms with van der Waals surface area (Å²) in [7, 11) is 0. The molecule has 2 heteroatoms. The molecule has 1 saturated heterocycles. The van der Waals surface area contributed by atoms with Crippen molar-refractivity contribution in [1.29, 1.82) is 0 Å². The molecule has 1 aromatic carbocycles. The van der Waals surface area contributed by atoms with Gasteiger partial charge < -0.3 is 0 Å². The van der Waals surface area contributed by atoms with E-state index in [1.807, 2.05) is 0 Å². The summed E-state index contributed by atoms with van der Waals surface area (Å²) in [5, 5.41) is 0. The van der Waals surface area contributed by atoms with Crippen molar-refractivity contribution in [2.75, 3.05) is 11.5 Å². The number of fused-ring (bicyclic) bond motifs is 1. The van der Waals surface area contributed by atoms with Crippen LogP contribution in [0.25, 0.3) is 0 Å². The van der Waals surface area contributed by atoms with E-state index >= 15 is 0 Å². The number of hydrogen-bond acceptors (Lipinski definition) is 2. The number of thioether (sulfide) groups is 2. The molecule has 1 aromatic rings. The zero-order valence-electron chi connectivity index (χ0n) is 8.87. The highest BCUT2D eigenvalue weighted by Gasteiger charge is 2.36. The Morgan fingerprint density at radius 1 is 1.00 bits per heavy atom. The van der Waals surface area contributed by atoms with Crippen molar-refractivity contribution in [2.24, 2.45) is 0 Å². The van der Waals surface area contributed by atoms with Crippen molar-refractivity contribution in [3.05, 3.63) is 35.4 Å². The Balaban J connectivity index is 1.87. The third-order valence-corrected chi connectivity index (χ3v) is 6.81. The Hall–Kier alpha value is -0.0800. The molecular formula is C13H16S2. The molecule has 0 amide bonds. The molecule has 3 rings (SSSR count). The minimum absolute atomic E-state index is 0.534. The van der Waals surface area contributed by atoms with Crippen molar-refractivity contribution in [3.8, 4) is 0 Å². The molecule has 15 heavy (non-hydrogen) atoms. The minimum Gasteiger partial charge on any atom is -0.144 e. The van der Waals surface area contributed by atoms with Gasteiger partial charge in [-0.25, -0.2) is 0 Å². The second-order valence-corrected chi connectivity index (χ2v) is 7.62. The zero-order valence-corrected chi connectivity index (χ0v) is 10.5. The SMILES string of the molecule is c1ccc2c(c1)CCC1(C2)SCCCS1. The van der Waals surface area contributed by atoms with E-state index in [4.69, 9.17) is 0 Å². The van der Waals surface area contributed by atoms with E-state index in [9.17, 15) is 0 Å². The molecule has 0 unspecified atom stereocenters. The van der Waals surface area contributed by atoms with Gasteiger partial charge in [-0.2, -0.15) is 0 Å². The average molecular weight is 236 g/mol. The van der Waals surface area contributed by atoms with Crippen LogP contribution < -0.4 is 0 Å². The van der Waals surface area contributed by atoms with E-state index in [0.717, 1.165) is 0 Å². The van der Waals surface area contributed by atoms with Crippen molar-refractivity contribution in [2.45, 2.75) is 29.8 Å². The molecule has 1 fully saturated rings. The standard InChI is InChI=1S/C13H16S2/c1-2-5-12-10-13(7-6-11(12)4-1)14-8-3-9-15-13/h1-2,4-5H,3,6-10H2. The lowest BCUT2D eigenvalue weighted by Crippen LogP contribution is -2.32. The van der Waals surface area contributed by atoms with Crippen LogP contribution in [0.5, 0.6) is 0 Å². The molecule has 0 bridgehead atoms. The monoisotopic (exact) mass is 236 g/mol. The van der Waals surface area contributed by atoms with Gasteiger partial charge in [0.05, 0.1) is 4.08 Å². The highest BCUT2D eigenvalue weighted by molar-refractivity contribution is 8.18. The van der Waals surface area contributed by atoms with Crippen LogP contribution in [-0.2, 0) is 12.8 Å². The summed E-state index contributed by atoms with van der Waals surface area (Å²) in [5.41, 5.74) is 3.19. The molecule has 1 aliphatic heterocycles. The molecule has 0 saturated carbocycles. The molecule has 1 spiro atoms. The summed E-state index contributed by atoms with van der Waals surface area (Å²) in [6.07, 6.45) is 5.35. The van der Waals surface area contributed by atoms with Crippen molar-refractivity contribution in [3.63, 3.8) is 0 Å². The Kier molecular flexibility index (Phi) is 2.73. The first-order valence-corrected chi connectivity index (χ1v) is 7.70. The highest BCUT2D eigenvalue weighted by Crippen LogP contribution is 2.50. The van der Waals surface area contributed by atoms with E-state index in [-0.39, 0.29) is 0 Å². The predicted molar refractivity (Wildman–Crippen MR) is 70.7 cm³/mol. The molecule has 0 atom stereocenters. The van der Waals surface area contributed by atoms with E-state index in [1.165, 1.54) is 37.2 Å². The fourth-order valence-corrected chi connectivity index (χ4v) is 5.89. The maximum absolute atomic E-state index is 2.33. The van der Waals surface area contributed by atoms with Gasteiger partial charge in [-0.1, -0.05) is 24.3 Å². The summed E-state index contributed by atoms with van der Waals surface area (Å²) in [6.45, 7) is 0. The summed E-state index contributed by atoms with van der Waals surface area (Å²) in [6, 6.07) is 9.00. The maximum Gasteiger partial charge on any atom is 0.0654 e. The summed E-state index contributed by atoms with van der Waals surface area (Å²) in [5.74, 6) is 2.74. The first-order chi connectivity index (χ1) is 7.38. The quantitative estimate of drug-likeness (QED) is 0.673. The molecule has 1 heterocycles. The molecule has 80 valence electrons. The molecule has 2 aliphatic rings. The van der Waals surface area contributed by atoms with Gasteiger partial charge in [0.15, 0.2) is 0 Å². The Labute approximate surface area is 100 Å². The van der Waals surface area contributed by atoms with Gasteiger partial charge in [0.1, 0.15) is 0 Å². The molecule has 0 N–H and O–H groups in total. The van der Waals surface area contributed by atoms with Gasteiger partial charge in [0.2, 0.25) is 0 Å². The summed E-state index contributed by atoms with van der Waals surface area (Å²) < 4.78 is 0.534. The first kappa shape index (κ1) is 10.1. The van der Waals surface area contributed by atoms with Gasteiger partial charge in [-0.05, 0) is 48.3 Å². The predicted octanol–water partition coefficient (Wildman–Crippen LogP) is 3.74. The van der Waals surface area contributed by atoms with Gasteiger partial charge in [-0.15, -0.1) is 23.5 Å². The van der Waals surface area contributed by atoms with E-state index in [0.29, 0.717) is 4.08 Å². The lowest BCUT2D eigenvalue weighted by Gasteiger charge is -2.39. The number of rotatable bonds is 0. The highest BCUT2D eigenvalue weighted by atomic mass is 32.2. The third-order valence-electron chi connectivity index (χ3n) is 3.37. The smallest absolute Gasteiger partial charge is 0.0654 e. The van der Waals surface area contributed by atoms with E-state index in [1.54, 1.807) is 11.1 Å². The normalized spacial score (nSPS) is 23.7. The molecular weight excluding hydrogens is 220 g/mol. The van der Waals surface area contributed by atoms with Crippen LogP contribution in [0, 0.1) is 0 Å². The van der Waals surface area contributed by atoms with Crippen molar-refractivity contribution < 1.29 is 0 Å². The van der Waals surface area contributed by atoms with Crippen molar-refractivity contribution >= 4 is 23.5 Å². The summed E-state index contributed by atoms with van der Waals surface area (Å²) >= 11 is 4.43. The van der Waals surface area contributed by atoms with Gasteiger partial charge in [0, 0.05) is 0 Å². The molecule has 0 aromatic heterocycles. The van der Waals surface area contributed by atoms with Gasteiger partial charge in [-0.3, -0.25) is 0 Å². The van der Waals surface area contributed by atoms with Crippen LogP contribution in [0.4, 0.5) is 0 Å². The maximum atomic E-state index is 2.33. The Morgan fingerprint density at radius 2 is 1.73 bits per heavy atom. The Morgan fingerprint density at radius 3 is 2.53 bits per heavy atom. The van der Waals surface area contributed by atoms with Gasteiger partial charge >= 0.3 is 0 Å². The lowest BCUT2D eigenvalue weighted by molar-refractivity contribution is 0.656. The number of hydrogen-bond donors (Lipinski definition) is 0. The number of benzene rings is 1. The third kappa shape index (κ3) is 1.94. The largest absolute Gasteiger partial charge is 0.144 e. The van der Waals surface area contributed by atoms with Crippen LogP contribution in [0.1, 0.15) is 24.0 Å². The van der Waals surface area contributed by atoms with Crippen LogP contribution in [0.15, 0.2) is 24.3 Å². The number of aryl methyl sites for hydroxylation is 1. The van der Waals surface area contributed by atoms with Crippen LogP contribution in [-0.4, -0.2) is 15.6 Å². The van der Waals surface area contributed by atoms with Crippen LogP contribution >= 0.6 is 23.5 Å². The molecule has 1 aliphatic carbocycles. The fraction of sp³-hybridized carbons (Fsp3) is 0.538. The van der Waals surface area contributed by atoms with E-state index < -0.39 is 0 Å². The van der Waals surface area contributed by atoms with Gasteiger partial charge in [0.25, 0.3) is 0 Å². The second kappa shape index (κ2) is 4.06. The van der Waals surface area contributed by atoms with Crippen LogP contribution in [0.3, 0.4) is 0 Å². The zero-order chi connectivity index (χ0) is 10.1. The first-order valence-electron chi connectivity index (χ1n) is 5.73. The lowest BCUT2D eigenvalue weighted by atomic mass is 9.91. The topological polar surface area (TPSA) is 0 Å². The van der Waals surface area contributed by atoms with Crippen molar-refractivity contribution in [1.82, 2.24) is 0 Å². The minimum atomic E-state index is 0.534. The fourth-order valence-electron chi connectivity index (χ4n) is 2.54. The molecule has 0 radical (unpaired) electrons. The summed E-state index contributed by atoms with van der Waals surface area (Å²) in [4.78, 5) is 0. The Bertz CT molecular complexity index is 353. The second-order valence-electron chi connectivity index (χ2n) is 4.41. The molecule has 0 nitrogen and oxygen atoms in total. The van der Waals surface area contributed by atoms with E-state index in [2.05, 4.69) is 47.8 Å².